The molecule has 2 aromatic rings. The van der Waals surface area contributed by atoms with Gasteiger partial charge in [-0.3, -0.25) is 14.5 Å². The number of pyridine rings is 1. The zero-order valence-electron chi connectivity index (χ0n) is 18.6. The maximum Gasteiger partial charge on any atom is 0.257 e. The minimum atomic E-state index is -2.65. The highest BCUT2D eigenvalue weighted by Crippen LogP contribution is 2.29. The molecular formula is C23H31F2N3O2S. The largest absolute Gasteiger partial charge is 0.348 e. The smallest absolute Gasteiger partial charge is 0.257 e. The number of alkyl halides is 2. The van der Waals surface area contributed by atoms with Gasteiger partial charge < -0.3 is 10.3 Å². The number of rotatable bonds is 7. The molecule has 8 heteroatoms. The summed E-state index contributed by atoms with van der Waals surface area (Å²) in [5.41, 5.74) is 3.66. The summed E-state index contributed by atoms with van der Waals surface area (Å²) >= 11 is 1.58. The third-order valence-electron chi connectivity index (χ3n) is 5.99. The standard InChI is InChI=1S/C23H31F2N3O2S/c1-14-9-15(2)27-22(30)18(14)11-26-21(29)19-12-31-20(16(19)3)10-17-5-7-28(8-6-17)13-23(4,24)25/h9,12,17H,5-8,10-11,13H2,1-4H3,(H,26,29)(H,27,30). The molecule has 0 spiro atoms. The third-order valence-corrected chi connectivity index (χ3v) is 7.10. The lowest BCUT2D eigenvalue weighted by Gasteiger charge is -2.33. The monoisotopic (exact) mass is 451 g/mol. The van der Waals surface area contributed by atoms with E-state index in [1.165, 1.54) is 4.88 Å². The molecule has 1 aliphatic heterocycles. The van der Waals surface area contributed by atoms with E-state index in [9.17, 15) is 18.4 Å². The number of nitrogens with zero attached hydrogens (tertiary/aromatic N) is 1. The first kappa shape index (κ1) is 23.6. The molecule has 31 heavy (non-hydrogen) atoms. The minimum absolute atomic E-state index is 0.173. The van der Waals surface area contributed by atoms with Crippen LogP contribution in [0, 0.1) is 26.7 Å². The molecule has 1 aliphatic rings. The van der Waals surface area contributed by atoms with Crippen LogP contribution in [-0.2, 0) is 13.0 Å². The van der Waals surface area contributed by atoms with E-state index < -0.39 is 5.92 Å². The molecule has 0 bridgehead atoms. The molecule has 3 rings (SSSR count). The number of carbonyl (C=O) groups is 1. The van der Waals surface area contributed by atoms with Crippen LogP contribution in [0.4, 0.5) is 8.78 Å². The fourth-order valence-electron chi connectivity index (χ4n) is 4.25. The lowest BCUT2D eigenvalue weighted by molar-refractivity contribution is -0.0222. The van der Waals surface area contributed by atoms with Crippen LogP contribution in [0.25, 0.3) is 0 Å². The summed E-state index contributed by atoms with van der Waals surface area (Å²) in [5.74, 6) is -2.38. The third kappa shape index (κ3) is 6.23. The Hall–Kier alpha value is -2.06. The van der Waals surface area contributed by atoms with Crippen molar-refractivity contribution in [1.82, 2.24) is 15.2 Å². The van der Waals surface area contributed by atoms with Gasteiger partial charge in [-0.15, -0.1) is 11.3 Å². The number of likely N-dealkylation sites (tertiary alicyclic amines) is 1. The van der Waals surface area contributed by atoms with Crippen LogP contribution in [0.1, 0.15) is 57.4 Å². The van der Waals surface area contributed by atoms with Crippen LogP contribution < -0.4 is 10.9 Å². The Labute approximate surface area is 185 Å². The first-order chi connectivity index (χ1) is 14.5. The molecule has 2 N–H and O–H groups in total. The molecule has 0 aliphatic carbocycles. The van der Waals surface area contributed by atoms with Crippen molar-refractivity contribution in [3.63, 3.8) is 0 Å². The summed E-state index contributed by atoms with van der Waals surface area (Å²) < 4.78 is 26.4. The van der Waals surface area contributed by atoms with Gasteiger partial charge in [0.2, 0.25) is 0 Å². The number of hydrogen-bond acceptors (Lipinski definition) is 4. The Balaban J connectivity index is 1.57. The second-order valence-corrected chi connectivity index (χ2v) is 9.78. The van der Waals surface area contributed by atoms with E-state index in [4.69, 9.17) is 0 Å². The SMILES string of the molecule is Cc1cc(C)c(CNC(=O)c2csc(CC3CCN(CC(C)(F)F)CC3)c2C)c(=O)[nH]1. The molecule has 0 saturated carbocycles. The second kappa shape index (κ2) is 9.61. The zero-order valence-corrected chi connectivity index (χ0v) is 19.4. The first-order valence-corrected chi connectivity index (χ1v) is 11.6. The van der Waals surface area contributed by atoms with Crippen molar-refractivity contribution in [3.05, 3.63) is 54.6 Å². The fraction of sp³-hybridized carbons (Fsp3) is 0.565. The first-order valence-electron chi connectivity index (χ1n) is 10.7. The van der Waals surface area contributed by atoms with Crippen LogP contribution in [0.3, 0.4) is 0 Å². The summed E-state index contributed by atoms with van der Waals surface area (Å²) in [5, 5.41) is 4.75. The number of aryl methyl sites for hydroxylation is 2. The molecule has 1 fully saturated rings. The summed E-state index contributed by atoms with van der Waals surface area (Å²) in [4.78, 5) is 30.7. The zero-order chi connectivity index (χ0) is 22.8. The van der Waals surface area contributed by atoms with Crippen LogP contribution in [0.5, 0.6) is 0 Å². The van der Waals surface area contributed by atoms with Crippen molar-refractivity contribution in [3.8, 4) is 0 Å². The Morgan fingerprint density at radius 2 is 1.97 bits per heavy atom. The van der Waals surface area contributed by atoms with Gasteiger partial charge in [0.1, 0.15) is 0 Å². The van der Waals surface area contributed by atoms with Crippen molar-refractivity contribution in [2.75, 3.05) is 19.6 Å². The average Bonchev–Trinajstić information content (AvgIpc) is 3.01. The van der Waals surface area contributed by atoms with Crippen LogP contribution in [0.15, 0.2) is 16.2 Å². The predicted molar refractivity (Wildman–Crippen MR) is 120 cm³/mol. The number of piperidine rings is 1. The van der Waals surface area contributed by atoms with Gasteiger partial charge in [-0.1, -0.05) is 0 Å². The van der Waals surface area contributed by atoms with Gasteiger partial charge in [0.05, 0.1) is 12.1 Å². The molecule has 3 heterocycles. The molecule has 0 atom stereocenters. The lowest BCUT2D eigenvalue weighted by atomic mass is 9.91. The van der Waals surface area contributed by atoms with Crippen molar-refractivity contribution in [2.24, 2.45) is 5.92 Å². The van der Waals surface area contributed by atoms with Crippen molar-refractivity contribution in [1.29, 1.82) is 0 Å². The highest BCUT2D eigenvalue weighted by atomic mass is 32.1. The summed E-state index contributed by atoms with van der Waals surface area (Å²) in [6.07, 6.45) is 2.66. The van der Waals surface area contributed by atoms with Crippen molar-refractivity contribution < 1.29 is 13.6 Å². The number of aromatic nitrogens is 1. The van der Waals surface area contributed by atoms with E-state index >= 15 is 0 Å². The fourth-order valence-corrected chi connectivity index (χ4v) is 5.41. The Morgan fingerprint density at radius 3 is 2.58 bits per heavy atom. The number of hydrogen-bond donors (Lipinski definition) is 2. The normalized spacial score (nSPS) is 15.9. The van der Waals surface area contributed by atoms with E-state index in [0.29, 0.717) is 30.1 Å². The quantitative estimate of drug-likeness (QED) is 0.663. The number of carbonyl (C=O) groups excluding carboxylic acids is 1. The highest BCUT2D eigenvalue weighted by molar-refractivity contribution is 7.10. The van der Waals surface area contributed by atoms with E-state index in [-0.39, 0.29) is 24.6 Å². The molecule has 2 aromatic heterocycles. The van der Waals surface area contributed by atoms with Gasteiger partial charge in [0, 0.05) is 35.0 Å². The summed E-state index contributed by atoms with van der Waals surface area (Å²) in [6, 6.07) is 1.89. The molecular weight excluding hydrogens is 420 g/mol. The molecule has 0 aromatic carbocycles. The number of halogens is 2. The Kier molecular flexibility index (Phi) is 7.31. The van der Waals surface area contributed by atoms with E-state index in [2.05, 4.69) is 10.3 Å². The van der Waals surface area contributed by atoms with Crippen LogP contribution >= 0.6 is 11.3 Å². The number of aromatic amines is 1. The van der Waals surface area contributed by atoms with Crippen molar-refractivity contribution in [2.45, 2.75) is 59.4 Å². The van der Waals surface area contributed by atoms with Gasteiger partial charge in [-0.05, 0) is 76.2 Å². The number of nitrogens with one attached hydrogen (secondary N) is 2. The number of thiophene rings is 1. The Morgan fingerprint density at radius 1 is 1.29 bits per heavy atom. The molecule has 170 valence electrons. The second-order valence-electron chi connectivity index (χ2n) is 8.82. The van der Waals surface area contributed by atoms with Crippen LogP contribution in [-0.4, -0.2) is 41.3 Å². The highest BCUT2D eigenvalue weighted by Gasteiger charge is 2.29. The molecule has 0 unspecified atom stereocenters. The average molecular weight is 452 g/mol. The molecule has 1 amide bonds. The molecule has 0 radical (unpaired) electrons. The van der Waals surface area contributed by atoms with E-state index in [1.807, 2.05) is 37.1 Å². The number of H-pyrrole nitrogens is 1. The topological polar surface area (TPSA) is 65.2 Å². The lowest BCUT2D eigenvalue weighted by Crippen LogP contribution is -2.40. The van der Waals surface area contributed by atoms with Gasteiger partial charge in [-0.2, -0.15) is 0 Å². The van der Waals surface area contributed by atoms with Crippen molar-refractivity contribution >= 4 is 17.2 Å². The van der Waals surface area contributed by atoms with Gasteiger partial charge in [0.15, 0.2) is 0 Å². The minimum Gasteiger partial charge on any atom is -0.348 e. The molecule has 1 saturated heterocycles. The predicted octanol–water partition coefficient (Wildman–Crippen LogP) is 4.20. The van der Waals surface area contributed by atoms with Gasteiger partial charge >= 0.3 is 0 Å². The number of amides is 1. The molecule has 5 nitrogen and oxygen atoms in total. The van der Waals surface area contributed by atoms with Gasteiger partial charge in [-0.25, -0.2) is 8.78 Å². The van der Waals surface area contributed by atoms with Crippen LogP contribution in [0.2, 0.25) is 0 Å². The van der Waals surface area contributed by atoms with E-state index in [0.717, 1.165) is 43.0 Å². The maximum atomic E-state index is 13.2. The maximum absolute atomic E-state index is 13.2. The summed E-state index contributed by atoms with van der Waals surface area (Å²) in [6.45, 7) is 8.01. The van der Waals surface area contributed by atoms with E-state index in [1.54, 1.807) is 11.3 Å². The van der Waals surface area contributed by atoms with Gasteiger partial charge in [0.25, 0.3) is 17.4 Å². The Bertz CT molecular complexity index is 986. The summed E-state index contributed by atoms with van der Waals surface area (Å²) in [7, 11) is 0.